The average Bonchev–Trinajstić information content (AvgIpc) is 3.32. The van der Waals surface area contributed by atoms with Crippen LogP contribution in [-0.2, 0) is 4.79 Å². The molecular formula is C22H17ClN4O2S2. The maximum atomic E-state index is 13.2. The van der Waals surface area contributed by atoms with Crippen LogP contribution in [0.15, 0.2) is 81.1 Å². The lowest BCUT2D eigenvalue weighted by atomic mass is 10.2. The third kappa shape index (κ3) is 4.87. The zero-order chi connectivity index (χ0) is 21.8. The summed E-state index contributed by atoms with van der Waals surface area (Å²) in [6.45, 7) is 1.84. The first kappa shape index (κ1) is 21.3. The number of hydrogen-bond acceptors (Lipinski definition) is 6. The number of benzene rings is 2. The van der Waals surface area contributed by atoms with Gasteiger partial charge in [-0.1, -0.05) is 41.6 Å². The molecule has 0 aliphatic carbocycles. The Kier molecular flexibility index (Phi) is 6.50. The van der Waals surface area contributed by atoms with Crippen LogP contribution in [0.4, 0.5) is 0 Å². The fraction of sp³-hybridized carbons (Fsp3) is 0.0909. The molecule has 1 amide bonds. The molecule has 4 aromatic rings. The number of carbonyl (C=O) groups excluding carboxylic acids is 1. The van der Waals surface area contributed by atoms with Crippen molar-refractivity contribution in [3.8, 4) is 5.69 Å². The molecule has 0 aliphatic heterocycles. The zero-order valence-corrected chi connectivity index (χ0v) is 18.8. The molecule has 2 aromatic carbocycles. The summed E-state index contributed by atoms with van der Waals surface area (Å²) in [6.07, 6.45) is 0. The van der Waals surface area contributed by atoms with Crippen LogP contribution < -0.4 is 11.0 Å². The number of thioether (sulfide) groups is 1. The first-order valence-electron chi connectivity index (χ1n) is 9.30. The number of fused-ring (bicyclic) bond motifs is 1. The Balaban J connectivity index is 1.61. The van der Waals surface area contributed by atoms with Gasteiger partial charge in [-0.15, -0.1) is 11.3 Å². The number of aromatic nitrogens is 2. The number of para-hydroxylation sites is 1. The fourth-order valence-corrected chi connectivity index (χ4v) is 4.48. The third-order valence-corrected chi connectivity index (χ3v) is 6.56. The lowest BCUT2D eigenvalue weighted by Gasteiger charge is -2.13. The van der Waals surface area contributed by atoms with Crippen molar-refractivity contribution in [2.75, 3.05) is 5.75 Å². The van der Waals surface area contributed by atoms with E-state index in [1.165, 1.54) is 16.3 Å². The van der Waals surface area contributed by atoms with E-state index in [0.29, 0.717) is 26.8 Å². The Morgan fingerprint density at radius 1 is 1.16 bits per heavy atom. The van der Waals surface area contributed by atoms with Crippen LogP contribution in [0, 0.1) is 0 Å². The summed E-state index contributed by atoms with van der Waals surface area (Å²) in [6, 6.07) is 17.9. The van der Waals surface area contributed by atoms with Gasteiger partial charge >= 0.3 is 0 Å². The van der Waals surface area contributed by atoms with Crippen molar-refractivity contribution >= 4 is 57.2 Å². The highest BCUT2D eigenvalue weighted by atomic mass is 35.5. The maximum Gasteiger partial charge on any atom is 0.266 e. The van der Waals surface area contributed by atoms with E-state index in [2.05, 4.69) is 15.5 Å². The van der Waals surface area contributed by atoms with Gasteiger partial charge in [-0.25, -0.2) is 10.4 Å². The van der Waals surface area contributed by atoms with E-state index < -0.39 is 0 Å². The molecule has 4 rings (SSSR count). The third-order valence-electron chi connectivity index (χ3n) is 4.39. The number of rotatable bonds is 6. The molecule has 0 spiro atoms. The van der Waals surface area contributed by atoms with Gasteiger partial charge in [0.25, 0.3) is 11.5 Å². The molecule has 6 nitrogen and oxygen atoms in total. The van der Waals surface area contributed by atoms with Gasteiger partial charge in [0, 0.05) is 9.90 Å². The minimum Gasteiger partial charge on any atom is -0.272 e. The smallest absolute Gasteiger partial charge is 0.266 e. The minimum atomic E-state index is -0.286. The van der Waals surface area contributed by atoms with E-state index in [-0.39, 0.29) is 17.2 Å². The number of halogens is 1. The second-order valence-electron chi connectivity index (χ2n) is 6.53. The predicted molar refractivity (Wildman–Crippen MR) is 128 cm³/mol. The standard InChI is InChI=1S/C22H17ClN4O2S2/c1-14(19-7-4-12-30-19)25-26-20(28)13-31-22-24-18-6-3-2-5-17(18)21(29)27(22)16-10-8-15(23)9-11-16/h2-12H,13H2,1H3,(H,26,28)/b25-14+. The second kappa shape index (κ2) is 9.47. The van der Waals surface area contributed by atoms with E-state index in [9.17, 15) is 9.59 Å². The fourth-order valence-electron chi connectivity index (χ4n) is 2.88. The summed E-state index contributed by atoms with van der Waals surface area (Å²) in [7, 11) is 0. The van der Waals surface area contributed by atoms with Gasteiger partial charge in [0.05, 0.1) is 28.1 Å². The van der Waals surface area contributed by atoms with E-state index in [1.807, 2.05) is 30.5 Å². The highest BCUT2D eigenvalue weighted by Crippen LogP contribution is 2.22. The zero-order valence-electron chi connectivity index (χ0n) is 16.4. The van der Waals surface area contributed by atoms with Gasteiger partial charge in [-0.05, 0) is 54.8 Å². The maximum absolute atomic E-state index is 13.2. The van der Waals surface area contributed by atoms with Crippen LogP contribution in [0.3, 0.4) is 0 Å². The second-order valence-corrected chi connectivity index (χ2v) is 8.85. The van der Waals surface area contributed by atoms with Gasteiger partial charge in [-0.2, -0.15) is 5.10 Å². The number of hydrogen-bond donors (Lipinski definition) is 1. The Morgan fingerprint density at radius 3 is 2.68 bits per heavy atom. The van der Waals surface area contributed by atoms with Crippen molar-refractivity contribution in [1.29, 1.82) is 0 Å². The number of amides is 1. The quantitative estimate of drug-likeness (QED) is 0.192. The molecule has 31 heavy (non-hydrogen) atoms. The first-order chi connectivity index (χ1) is 15.0. The van der Waals surface area contributed by atoms with Crippen molar-refractivity contribution < 1.29 is 4.79 Å². The van der Waals surface area contributed by atoms with Gasteiger partial charge in [0.15, 0.2) is 5.16 Å². The van der Waals surface area contributed by atoms with Crippen molar-refractivity contribution in [2.24, 2.45) is 5.10 Å². The van der Waals surface area contributed by atoms with E-state index >= 15 is 0 Å². The molecule has 2 heterocycles. The Labute approximate surface area is 191 Å². The lowest BCUT2D eigenvalue weighted by Crippen LogP contribution is -2.24. The Morgan fingerprint density at radius 2 is 1.94 bits per heavy atom. The molecule has 0 saturated carbocycles. The molecule has 0 saturated heterocycles. The summed E-state index contributed by atoms with van der Waals surface area (Å²) < 4.78 is 1.50. The molecule has 0 bridgehead atoms. The summed E-state index contributed by atoms with van der Waals surface area (Å²) in [5, 5.41) is 7.59. The molecular weight excluding hydrogens is 452 g/mol. The SMILES string of the molecule is C/C(=N\NC(=O)CSc1nc2ccccc2c(=O)n1-c1ccc(Cl)cc1)c1cccs1. The molecule has 2 aromatic heterocycles. The first-order valence-corrected chi connectivity index (χ1v) is 11.5. The van der Waals surface area contributed by atoms with Crippen LogP contribution in [0.1, 0.15) is 11.8 Å². The van der Waals surface area contributed by atoms with Gasteiger partial charge in [0.2, 0.25) is 0 Å². The summed E-state index contributed by atoms with van der Waals surface area (Å²) in [5.74, 6) is -0.231. The van der Waals surface area contributed by atoms with E-state index in [1.54, 1.807) is 53.8 Å². The van der Waals surface area contributed by atoms with Crippen molar-refractivity contribution in [3.63, 3.8) is 0 Å². The van der Waals surface area contributed by atoms with Crippen molar-refractivity contribution in [1.82, 2.24) is 15.0 Å². The van der Waals surface area contributed by atoms with Crippen LogP contribution in [-0.4, -0.2) is 26.9 Å². The summed E-state index contributed by atoms with van der Waals surface area (Å²) in [4.78, 5) is 31.2. The average molecular weight is 469 g/mol. The largest absolute Gasteiger partial charge is 0.272 e. The number of nitrogens with zero attached hydrogens (tertiary/aromatic N) is 3. The highest BCUT2D eigenvalue weighted by Gasteiger charge is 2.15. The normalized spacial score (nSPS) is 11.6. The monoisotopic (exact) mass is 468 g/mol. The molecule has 0 atom stereocenters. The molecule has 9 heteroatoms. The van der Waals surface area contributed by atoms with E-state index in [0.717, 1.165) is 10.6 Å². The van der Waals surface area contributed by atoms with E-state index in [4.69, 9.17) is 11.6 Å². The number of thiophene rings is 1. The Bertz CT molecular complexity index is 1320. The molecule has 156 valence electrons. The molecule has 0 unspecified atom stereocenters. The van der Waals surface area contributed by atoms with Crippen LogP contribution in [0.2, 0.25) is 5.02 Å². The lowest BCUT2D eigenvalue weighted by molar-refractivity contribution is -0.118. The van der Waals surface area contributed by atoms with Gasteiger partial charge in [-0.3, -0.25) is 14.2 Å². The van der Waals surface area contributed by atoms with Crippen LogP contribution in [0.5, 0.6) is 0 Å². The number of hydrazone groups is 1. The molecule has 0 fully saturated rings. The Hall–Kier alpha value is -2.94. The summed E-state index contributed by atoms with van der Waals surface area (Å²) in [5.41, 5.74) is 4.29. The van der Waals surface area contributed by atoms with Crippen LogP contribution in [0.25, 0.3) is 16.6 Å². The van der Waals surface area contributed by atoms with Gasteiger partial charge < -0.3 is 0 Å². The van der Waals surface area contributed by atoms with Crippen molar-refractivity contribution in [2.45, 2.75) is 12.1 Å². The topological polar surface area (TPSA) is 76.3 Å². The van der Waals surface area contributed by atoms with Crippen molar-refractivity contribution in [3.05, 3.63) is 86.3 Å². The van der Waals surface area contributed by atoms with Crippen LogP contribution >= 0.6 is 34.7 Å². The number of nitrogens with one attached hydrogen (secondary N) is 1. The minimum absolute atomic E-state index is 0.0551. The molecule has 1 N–H and O–H groups in total. The molecule has 0 aliphatic rings. The highest BCUT2D eigenvalue weighted by molar-refractivity contribution is 7.99. The van der Waals surface area contributed by atoms with Gasteiger partial charge in [0.1, 0.15) is 0 Å². The predicted octanol–water partition coefficient (Wildman–Crippen LogP) is 4.73. The number of carbonyl (C=O) groups is 1. The summed E-state index contributed by atoms with van der Waals surface area (Å²) >= 11 is 8.72. The molecule has 0 radical (unpaired) electrons.